The van der Waals surface area contributed by atoms with Gasteiger partial charge in [-0.25, -0.2) is 0 Å². The minimum atomic E-state index is -5.30. The van der Waals surface area contributed by atoms with E-state index in [1.807, 2.05) is 0 Å². The van der Waals surface area contributed by atoms with Crippen LogP contribution in [0.3, 0.4) is 0 Å². The van der Waals surface area contributed by atoms with Crippen molar-refractivity contribution in [3.63, 3.8) is 0 Å². The van der Waals surface area contributed by atoms with E-state index in [-0.39, 0.29) is 274 Å². The third-order valence-corrected chi connectivity index (χ3v) is 5.21. The molecule has 0 rings (SSSR count). The second kappa shape index (κ2) is 25.9. The van der Waals surface area contributed by atoms with Gasteiger partial charge in [0.05, 0.1) is 0 Å². The van der Waals surface area contributed by atoms with E-state index in [0.717, 1.165) is 0 Å². The van der Waals surface area contributed by atoms with Gasteiger partial charge in [-0.05, 0) is 0 Å². The van der Waals surface area contributed by atoms with Gasteiger partial charge in [0, 0.05) is 38.2 Å². The SMILES string of the molecule is O=P([O-])([O-])CN(CCN(CP(=O)([O-])[O-])CP(=O)([O-])[O-])CP(=O)([O-])[O-].[Co+2].[K+].[K+].[K+].[K+].[K+]. The topological polar surface area (TPSA) is 259 Å². The normalized spacial score (nSPS) is 11.7. The number of hydrogen-bond acceptors (Lipinski definition) is 14. The van der Waals surface area contributed by atoms with Gasteiger partial charge in [0.1, 0.15) is 0 Å². The second-order valence-electron chi connectivity index (χ2n) is 4.80. The molecule has 0 aliphatic heterocycles. The van der Waals surface area contributed by atoms with Crippen LogP contribution in [0.4, 0.5) is 0 Å². The smallest absolute Gasteiger partial charge is 0.810 e. The summed E-state index contributed by atoms with van der Waals surface area (Å²) in [6.45, 7) is -1.55. The van der Waals surface area contributed by atoms with E-state index >= 15 is 0 Å². The zero-order valence-corrected chi connectivity index (χ0v) is 37.4. The van der Waals surface area contributed by atoms with E-state index in [9.17, 15) is 57.4 Å². The van der Waals surface area contributed by atoms with Crippen molar-refractivity contribution in [1.82, 2.24) is 9.80 Å². The van der Waals surface area contributed by atoms with Gasteiger partial charge in [0.15, 0.2) is 0 Å². The molecule has 0 amide bonds. The first-order valence-electron chi connectivity index (χ1n) is 5.85. The summed E-state index contributed by atoms with van der Waals surface area (Å²) in [4.78, 5) is 85.9. The van der Waals surface area contributed by atoms with E-state index < -0.39 is 68.6 Å². The Morgan fingerprint density at radius 3 is 0.667 bits per heavy atom. The summed E-state index contributed by atoms with van der Waals surface area (Å²) in [6.07, 6.45) is -5.63. The van der Waals surface area contributed by atoms with Gasteiger partial charge in [-0.15, -0.1) is 0 Å². The van der Waals surface area contributed by atoms with Crippen molar-refractivity contribution in [3.8, 4) is 0 Å². The number of nitrogens with zero attached hydrogens (tertiary/aromatic N) is 2. The average Bonchev–Trinajstić information content (AvgIpc) is 2.16. The molecule has 0 saturated carbocycles. The molecule has 0 N–H and O–H groups in total. The molecule has 0 aliphatic rings. The minimum Gasteiger partial charge on any atom is -0.810 e. The first-order chi connectivity index (χ1) is 10.4. The molecule has 0 unspecified atom stereocenters. The van der Waals surface area contributed by atoms with Crippen LogP contribution in [-0.4, -0.2) is 48.0 Å². The minimum absolute atomic E-state index is 0. The van der Waals surface area contributed by atoms with E-state index in [4.69, 9.17) is 0 Å². The summed E-state index contributed by atoms with van der Waals surface area (Å²) in [5.41, 5.74) is 0. The molecule has 0 fully saturated rings. The van der Waals surface area contributed by atoms with Crippen molar-refractivity contribution < 1.29 is 331 Å². The second-order valence-corrected chi connectivity index (χ2v) is 10.8. The van der Waals surface area contributed by atoms with Crippen molar-refractivity contribution in [3.05, 3.63) is 0 Å². The summed E-state index contributed by atoms with van der Waals surface area (Å²) >= 11 is 0. The maximum atomic E-state index is 10.7. The Morgan fingerprint density at radius 2 is 0.567 bits per heavy atom. The molecule has 0 saturated heterocycles. The zero-order chi connectivity index (χ0) is 19.4. The predicted molar refractivity (Wildman–Crippen MR) is 63.3 cm³/mol. The molecule has 0 bridgehead atoms. The molecule has 0 spiro atoms. The maximum absolute atomic E-state index is 10.7. The van der Waals surface area contributed by atoms with Gasteiger partial charge in [-0.3, -0.25) is 9.80 Å². The monoisotopic (exact) mass is 682 g/mol. The Balaban J connectivity index is -0.000000176. The molecule has 24 heteroatoms. The third kappa shape index (κ3) is 41.7. The van der Waals surface area contributed by atoms with Gasteiger partial charge < -0.3 is 57.4 Å². The van der Waals surface area contributed by atoms with E-state index in [1.54, 1.807) is 0 Å². The average molecular weight is 682 g/mol. The van der Waals surface area contributed by atoms with Crippen molar-refractivity contribution in [1.29, 1.82) is 0 Å². The molecular weight excluding hydrogens is 670 g/mol. The van der Waals surface area contributed by atoms with Crippen LogP contribution in [-0.2, 0) is 35.0 Å². The van der Waals surface area contributed by atoms with Crippen molar-refractivity contribution in [2.75, 3.05) is 38.2 Å². The van der Waals surface area contributed by atoms with Crippen LogP contribution in [0.1, 0.15) is 0 Å². The predicted octanol–water partition coefficient (Wildman–Crippen LogP) is -21.9. The molecule has 0 aromatic carbocycles. The Bertz CT molecular complexity index is 512. The van der Waals surface area contributed by atoms with Crippen LogP contribution in [0.25, 0.3) is 0 Å². The Morgan fingerprint density at radius 1 is 0.433 bits per heavy atom. The van der Waals surface area contributed by atoms with Gasteiger partial charge in [0.25, 0.3) is 0 Å². The fourth-order valence-electron chi connectivity index (χ4n) is 1.63. The van der Waals surface area contributed by atoms with E-state index in [2.05, 4.69) is 0 Å². The van der Waals surface area contributed by atoms with Gasteiger partial charge >= 0.3 is 274 Å². The standard InChI is InChI=1S/C6H20N2O12P4.Co.5K/c9-21(10,11)3-7(4-22(12,13)14)1-2-8(5-23(15,16)17)6-24(18,19)20;;;;;;/h1-6H2,(H2,9,10,11)(H2,12,13,14)(H2,15,16,17)(H2,18,19,20);;;;;;/q;+2;5*+1/p-8. The molecular formula is C6H12CoK5N2O12P4-. The summed E-state index contributed by atoms with van der Waals surface area (Å²) < 4.78 is 42.7. The molecule has 0 atom stereocenters. The van der Waals surface area contributed by atoms with Crippen LogP contribution in [0, 0.1) is 0 Å². The van der Waals surface area contributed by atoms with Crippen molar-refractivity contribution in [2.45, 2.75) is 0 Å². The quantitative estimate of drug-likeness (QED) is 0.145. The van der Waals surface area contributed by atoms with Crippen molar-refractivity contribution >= 4 is 30.4 Å². The molecule has 1 radical (unpaired) electrons. The molecule has 0 aromatic heterocycles. The molecule has 0 aliphatic carbocycles. The molecule has 0 aromatic rings. The molecule has 153 valence electrons. The first-order valence-corrected chi connectivity index (χ1v) is 12.8. The van der Waals surface area contributed by atoms with Crippen LogP contribution in [0.2, 0.25) is 0 Å². The first kappa shape index (κ1) is 55.2. The Labute approximate surface area is 397 Å². The van der Waals surface area contributed by atoms with Gasteiger partial charge in [-0.2, -0.15) is 0 Å². The largest absolute Gasteiger partial charge is 2.00 e. The fourth-order valence-corrected chi connectivity index (χ4v) is 4.88. The summed E-state index contributed by atoms with van der Waals surface area (Å²) in [5, 5.41) is 0. The molecule has 0 heterocycles. The fraction of sp³-hybridized carbons (Fsp3) is 1.00. The summed E-state index contributed by atoms with van der Waals surface area (Å²) in [6, 6.07) is 0. The van der Waals surface area contributed by atoms with Gasteiger partial charge in [0.2, 0.25) is 0 Å². The van der Waals surface area contributed by atoms with Crippen LogP contribution in [0.5, 0.6) is 0 Å². The summed E-state index contributed by atoms with van der Waals surface area (Å²) in [5.74, 6) is 0. The van der Waals surface area contributed by atoms with E-state index in [0.29, 0.717) is 9.80 Å². The van der Waals surface area contributed by atoms with Gasteiger partial charge in [-0.1, -0.05) is 30.4 Å². The zero-order valence-electron chi connectivity index (χ0n) is 17.2. The van der Waals surface area contributed by atoms with Crippen LogP contribution in [0.15, 0.2) is 0 Å². The third-order valence-electron chi connectivity index (χ3n) is 2.23. The number of rotatable bonds is 11. The Kier molecular flexibility index (Phi) is 47.6. The van der Waals surface area contributed by atoms with Crippen LogP contribution < -0.4 is 296 Å². The van der Waals surface area contributed by atoms with Crippen LogP contribution >= 0.6 is 30.4 Å². The molecule has 14 nitrogen and oxygen atoms in total. The van der Waals surface area contributed by atoms with E-state index in [1.165, 1.54) is 0 Å². The Hall–Kier alpha value is 9.21. The maximum Gasteiger partial charge on any atom is 2.00 e. The summed E-state index contributed by atoms with van der Waals surface area (Å²) in [7, 11) is -21.2. The molecule has 30 heavy (non-hydrogen) atoms. The van der Waals surface area contributed by atoms with Crippen molar-refractivity contribution in [2.24, 2.45) is 0 Å². The number of hydrogen-bond donors (Lipinski definition) is 0.